The molecule has 2 heterocycles. The molecule has 0 fully saturated rings. The van der Waals surface area contributed by atoms with E-state index >= 15 is 0 Å². The highest BCUT2D eigenvalue weighted by molar-refractivity contribution is 5.90. The molecule has 6 heteroatoms. The minimum atomic E-state index is -0.527. The first-order chi connectivity index (χ1) is 14.6. The van der Waals surface area contributed by atoms with E-state index in [4.69, 9.17) is 5.21 Å². The van der Waals surface area contributed by atoms with Gasteiger partial charge in [0.25, 0.3) is 5.91 Å². The lowest BCUT2D eigenvalue weighted by molar-refractivity contribution is -0.124. The second-order valence-electron chi connectivity index (χ2n) is 7.62. The molecule has 0 saturated heterocycles. The zero-order valence-corrected chi connectivity index (χ0v) is 17.1. The number of fused-ring (bicyclic) bond motifs is 1. The van der Waals surface area contributed by atoms with Crippen LogP contribution in [0.5, 0.6) is 0 Å². The van der Waals surface area contributed by atoms with Gasteiger partial charge in [0.15, 0.2) is 0 Å². The quantitative estimate of drug-likeness (QED) is 0.377. The monoisotopic (exact) mass is 402 g/mol. The van der Waals surface area contributed by atoms with Gasteiger partial charge in [0.2, 0.25) is 0 Å². The number of nitrogens with zero attached hydrogens (tertiary/aromatic N) is 3. The summed E-state index contributed by atoms with van der Waals surface area (Å²) in [5.74, 6) is -0.527. The summed E-state index contributed by atoms with van der Waals surface area (Å²) < 4.78 is 2.00. The lowest BCUT2D eigenvalue weighted by Gasteiger charge is -2.29. The van der Waals surface area contributed by atoms with E-state index in [0.717, 1.165) is 43.7 Å². The normalized spacial score (nSPS) is 14.1. The zero-order valence-electron chi connectivity index (χ0n) is 17.1. The van der Waals surface area contributed by atoms with Crippen LogP contribution in [-0.4, -0.2) is 38.9 Å². The molecule has 0 atom stereocenters. The third-order valence-electron chi connectivity index (χ3n) is 5.67. The van der Waals surface area contributed by atoms with Crippen molar-refractivity contribution in [2.75, 3.05) is 13.1 Å². The van der Waals surface area contributed by atoms with E-state index in [9.17, 15) is 4.79 Å². The van der Waals surface area contributed by atoms with Crippen LogP contribution in [0, 0.1) is 6.92 Å². The molecule has 1 aliphatic rings. The molecule has 2 N–H and O–H groups in total. The fourth-order valence-electron chi connectivity index (χ4n) is 3.94. The van der Waals surface area contributed by atoms with Crippen LogP contribution in [0.4, 0.5) is 0 Å². The Kier molecular flexibility index (Phi) is 6.07. The van der Waals surface area contributed by atoms with Crippen molar-refractivity contribution in [2.45, 2.75) is 26.3 Å². The number of hydroxylamine groups is 1. The van der Waals surface area contributed by atoms with E-state index in [1.807, 2.05) is 35.1 Å². The molecule has 1 aromatic heterocycles. The Balaban J connectivity index is 1.40. The van der Waals surface area contributed by atoms with E-state index in [-0.39, 0.29) is 0 Å². The molecule has 0 aliphatic carbocycles. The van der Waals surface area contributed by atoms with Crippen LogP contribution < -0.4 is 5.48 Å². The SMILES string of the molecule is Cc1c(CCN2CCc3ccc(C=CC(=O)NO)cc3C2)cnn1-c1ccccc1. The predicted octanol–water partition coefficient (Wildman–Crippen LogP) is 3.30. The van der Waals surface area contributed by atoms with Crippen LogP contribution in [0.15, 0.2) is 60.8 Å². The highest BCUT2D eigenvalue weighted by Crippen LogP contribution is 2.22. The van der Waals surface area contributed by atoms with Crippen LogP contribution in [0.1, 0.15) is 27.9 Å². The van der Waals surface area contributed by atoms with Gasteiger partial charge in [0, 0.05) is 31.4 Å². The molecular formula is C24H26N4O2. The molecule has 0 bridgehead atoms. The first kappa shape index (κ1) is 20.1. The van der Waals surface area contributed by atoms with Gasteiger partial charge in [-0.25, -0.2) is 10.2 Å². The smallest absolute Gasteiger partial charge is 0.267 e. The molecular weight excluding hydrogens is 376 g/mol. The molecule has 4 rings (SSSR count). The van der Waals surface area contributed by atoms with Gasteiger partial charge in [-0.15, -0.1) is 0 Å². The molecule has 30 heavy (non-hydrogen) atoms. The zero-order chi connectivity index (χ0) is 20.9. The number of carbonyl (C=O) groups is 1. The number of aromatic nitrogens is 2. The molecule has 1 amide bonds. The number of carbonyl (C=O) groups excluding carboxylic acids is 1. The highest BCUT2D eigenvalue weighted by atomic mass is 16.5. The summed E-state index contributed by atoms with van der Waals surface area (Å²) in [6, 6.07) is 16.5. The van der Waals surface area contributed by atoms with E-state index in [1.54, 1.807) is 11.6 Å². The maximum Gasteiger partial charge on any atom is 0.267 e. The molecule has 0 spiro atoms. The van der Waals surface area contributed by atoms with E-state index < -0.39 is 5.91 Å². The second kappa shape index (κ2) is 9.07. The fourth-order valence-corrected chi connectivity index (χ4v) is 3.94. The topological polar surface area (TPSA) is 70.4 Å². The van der Waals surface area contributed by atoms with Gasteiger partial charge < -0.3 is 0 Å². The lowest BCUT2D eigenvalue weighted by Crippen LogP contribution is -2.32. The van der Waals surface area contributed by atoms with Crippen molar-refractivity contribution < 1.29 is 10.0 Å². The summed E-state index contributed by atoms with van der Waals surface area (Å²) >= 11 is 0. The number of para-hydroxylation sites is 1. The van der Waals surface area contributed by atoms with Crippen LogP contribution in [0.2, 0.25) is 0 Å². The van der Waals surface area contributed by atoms with E-state index in [2.05, 4.69) is 41.2 Å². The van der Waals surface area contributed by atoms with Crippen molar-refractivity contribution in [2.24, 2.45) is 0 Å². The number of rotatable bonds is 6. The van der Waals surface area contributed by atoms with Gasteiger partial charge in [0.05, 0.1) is 11.9 Å². The van der Waals surface area contributed by atoms with E-state index in [1.165, 1.54) is 28.5 Å². The number of nitrogens with one attached hydrogen (secondary N) is 1. The maximum atomic E-state index is 11.2. The average molecular weight is 402 g/mol. The maximum absolute atomic E-state index is 11.2. The van der Waals surface area contributed by atoms with Crippen LogP contribution in [0.3, 0.4) is 0 Å². The second-order valence-corrected chi connectivity index (χ2v) is 7.62. The fraction of sp³-hybridized carbons (Fsp3) is 0.250. The first-order valence-corrected chi connectivity index (χ1v) is 10.2. The molecule has 1 aliphatic heterocycles. The van der Waals surface area contributed by atoms with Crippen molar-refractivity contribution in [3.8, 4) is 5.69 Å². The van der Waals surface area contributed by atoms with Gasteiger partial charge in [-0.05, 0) is 60.2 Å². The van der Waals surface area contributed by atoms with Crippen molar-refractivity contribution in [3.05, 3.63) is 88.8 Å². The summed E-state index contributed by atoms with van der Waals surface area (Å²) in [4.78, 5) is 13.7. The van der Waals surface area contributed by atoms with Gasteiger partial charge in [-0.2, -0.15) is 5.10 Å². The van der Waals surface area contributed by atoms with Gasteiger partial charge in [-0.1, -0.05) is 36.4 Å². The van der Waals surface area contributed by atoms with Crippen molar-refractivity contribution in [1.29, 1.82) is 0 Å². The Morgan fingerprint density at radius 3 is 2.83 bits per heavy atom. The lowest BCUT2D eigenvalue weighted by atomic mass is 9.97. The van der Waals surface area contributed by atoms with Gasteiger partial charge >= 0.3 is 0 Å². The minimum absolute atomic E-state index is 0.527. The Hall–Kier alpha value is -3.22. The molecule has 0 radical (unpaired) electrons. The Morgan fingerprint density at radius 1 is 1.20 bits per heavy atom. The number of amides is 1. The summed E-state index contributed by atoms with van der Waals surface area (Å²) in [5, 5.41) is 13.2. The number of benzene rings is 2. The molecule has 0 unspecified atom stereocenters. The highest BCUT2D eigenvalue weighted by Gasteiger charge is 2.17. The first-order valence-electron chi connectivity index (χ1n) is 10.2. The number of hydrogen-bond donors (Lipinski definition) is 2. The largest absolute Gasteiger partial charge is 0.298 e. The molecule has 2 aromatic carbocycles. The van der Waals surface area contributed by atoms with Gasteiger partial charge in [0.1, 0.15) is 0 Å². The summed E-state index contributed by atoms with van der Waals surface area (Å²) in [7, 11) is 0. The minimum Gasteiger partial charge on any atom is -0.298 e. The van der Waals surface area contributed by atoms with Crippen LogP contribution in [-0.2, 0) is 24.2 Å². The molecule has 3 aromatic rings. The number of hydrogen-bond acceptors (Lipinski definition) is 4. The summed E-state index contributed by atoms with van der Waals surface area (Å²) in [5.41, 5.74) is 8.78. The van der Waals surface area contributed by atoms with Crippen LogP contribution >= 0.6 is 0 Å². The van der Waals surface area contributed by atoms with Crippen molar-refractivity contribution in [1.82, 2.24) is 20.2 Å². The van der Waals surface area contributed by atoms with Gasteiger partial charge in [-0.3, -0.25) is 14.9 Å². The Morgan fingerprint density at radius 2 is 2.03 bits per heavy atom. The average Bonchev–Trinajstić information content (AvgIpc) is 3.16. The predicted molar refractivity (Wildman–Crippen MR) is 116 cm³/mol. The third-order valence-corrected chi connectivity index (χ3v) is 5.67. The molecule has 0 saturated carbocycles. The van der Waals surface area contributed by atoms with Crippen molar-refractivity contribution >= 4 is 12.0 Å². The Labute approximate surface area is 176 Å². The third kappa shape index (κ3) is 4.50. The molecule has 6 nitrogen and oxygen atoms in total. The van der Waals surface area contributed by atoms with Crippen LogP contribution in [0.25, 0.3) is 11.8 Å². The summed E-state index contributed by atoms with van der Waals surface area (Å²) in [6.45, 7) is 5.05. The Bertz CT molecular complexity index is 1060. The van der Waals surface area contributed by atoms with Crippen molar-refractivity contribution in [3.63, 3.8) is 0 Å². The standard InChI is InChI=1S/C24H26N4O2/c1-18-21(16-25-28(18)23-5-3-2-4-6-23)12-14-27-13-11-20-9-7-19(15-22(20)17-27)8-10-24(29)26-30/h2-10,15-16,30H,11-14,17H2,1H3,(H,26,29). The summed E-state index contributed by atoms with van der Waals surface area (Å²) in [6.07, 6.45) is 7.01. The van der Waals surface area contributed by atoms with E-state index in [0.29, 0.717) is 0 Å². The molecule has 154 valence electrons.